The summed E-state index contributed by atoms with van der Waals surface area (Å²) >= 11 is 0. The first-order valence-electron chi connectivity index (χ1n) is 5.99. The third kappa shape index (κ3) is 2.81. The first kappa shape index (κ1) is 13.3. The van der Waals surface area contributed by atoms with E-state index in [0.717, 1.165) is 5.69 Å². The molecular weight excluding hydrogens is 245 g/mol. The van der Waals surface area contributed by atoms with Crippen LogP contribution in [0.3, 0.4) is 0 Å². The first-order valence-corrected chi connectivity index (χ1v) is 5.99. The molecule has 5 heteroatoms. The number of rotatable bonds is 3. The number of nitrogen functional groups attached to an aromatic ring is 1. The van der Waals surface area contributed by atoms with Crippen molar-refractivity contribution in [3.05, 3.63) is 35.8 Å². The van der Waals surface area contributed by atoms with E-state index in [1.165, 1.54) is 19.2 Å². The third-order valence-corrected chi connectivity index (χ3v) is 2.79. The van der Waals surface area contributed by atoms with Gasteiger partial charge in [-0.15, -0.1) is 0 Å². The lowest BCUT2D eigenvalue weighted by Gasteiger charge is -2.11. The van der Waals surface area contributed by atoms with Crippen molar-refractivity contribution in [2.75, 3.05) is 12.8 Å². The summed E-state index contributed by atoms with van der Waals surface area (Å²) in [7, 11) is 1.53. The molecule has 4 nitrogen and oxygen atoms in total. The van der Waals surface area contributed by atoms with Gasteiger partial charge in [-0.05, 0) is 30.2 Å². The fraction of sp³-hybridized carbons (Fsp3) is 0.286. The van der Waals surface area contributed by atoms with Crippen LogP contribution in [0.15, 0.2) is 24.3 Å². The monoisotopic (exact) mass is 261 g/mol. The number of nitrogens with zero attached hydrogens (tertiary/aromatic N) is 2. The van der Waals surface area contributed by atoms with Crippen LogP contribution in [0.25, 0.3) is 11.3 Å². The van der Waals surface area contributed by atoms with E-state index in [1.807, 2.05) is 13.8 Å². The zero-order valence-corrected chi connectivity index (χ0v) is 11.1. The van der Waals surface area contributed by atoms with Gasteiger partial charge in [0.2, 0.25) is 5.95 Å². The number of halogens is 1. The van der Waals surface area contributed by atoms with Crippen molar-refractivity contribution in [2.24, 2.45) is 0 Å². The summed E-state index contributed by atoms with van der Waals surface area (Å²) in [4.78, 5) is 8.33. The molecular formula is C14H16FN3O. The molecule has 1 aromatic heterocycles. The van der Waals surface area contributed by atoms with Crippen molar-refractivity contribution in [1.82, 2.24) is 9.97 Å². The summed E-state index contributed by atoms with van der Waals surface area (Å²) in [6.45, 7) is 4.02. The second kappa shape index (κ2) is 5.22. The molecule has 2 N–H and O–H groups in total. The Balaban J connectivity index is 2.61. The molecule has 0 bridgehead atoms. The Kier molecular flexibility index (Phi) is 3.64. The predicted molar refractivity (Wildman–Crippen MR) is 72.5 cm³/mol. The summed E-state index contributed by atoms with van der Waals surface area (Å²) < 4.78 is 18.6. The van der Waals surface area contributed by atoms with Crippen LogP contribution >= 0.6 is 0 Å². The van der Waals surface area contributed by atoms with Gasteiger partial charge in [-0.2, -0.15) is 0 Å². The number of aromatic nitrogens is 2. The van der Waals surface area contributed by atoms with Gasteiger partial charge in [-0.25, -0.2) is 14.4 Å². The molecule has 0 saturated heterocycles. The Labute approximate surface area is 111 Å². The Morgan fingerprint density at radius 1 is 1.21 bits per heavy atom. The number of ether oxygens (including phenoxy) is 1. The molecule has 0 aliphatic carbocycles. The van der Waals surface area contributed by atoms with Gasteiger partial charge >= 0.3 is 0 Å². The van der Waals surface area contributed by atoms with Gasteiger partial charge in [-0.3, -0.25) is 0 Å². The highest BCUT2D eigenvalue weighted by Crippen LogP contribution is 2.30. The van der Waals surface area contributed by atoms with Crippen LogP contribution in [-0.4, -0.2) is 17.1 Å². The number of benzene rings is 1. The molecule has 0 atom stereocenters. The molecule has 0 amide bonds. The second-order valence-corrected chi connectivity index (χ2v) is 4.54. The lowest BCUT2D eigenvalue weighted by molar-refractivity contribution is 0.415. The number of hydrogen-bond donors (Lipinski definition) is 1. The van der Waals surface area contributed by atoms with Crippen LogP contribution in [0.1, 0.15) is 25.5 Å². The smallest absolute Gasteiger partial charge is 0.220 e. The minimum atomic E-state index is -0.348. The zero-order valence-electron chi connectivity index (χ0n) is 11.1. The maximum absolute atomic E-state index is 13.4. The Morgan fingerprint density at radius 3 is 2.58 bits per heavy atom. The zero-order chi connectivity index (χ0) is 14.0. The van der Waals surface area contributed by atoms with Gasteiger partial charge < -0.3 is 10.5 Å². The van der Waals surface area contributed by atoms with Crippen LogP contribution in [0, 0.1) is 5.82 Å². The van der Waals surface area contributed by atoms with E-state index >= 15 is 0 Å². The van der Waals surface area contributed by atoms with Crippen molar-refractivity contribution >= 4 is 5.95 Å². The predicted octanol–water partition coefficient (Wildman–Crippen LogP) is 3.00. The van der Waals surface area contributed by atoms with Crippen LogP contribution in [0.4, 0.5) is 10.3 Å². The van der Waals surface area contributed by atoms with E-state index < -0.39 is 0 Å². The highest BCUT2D eigenvalue weighted by molar-refractivity contribution is 5.68. The minimum absolute atomic E-state index is 0.174. The molecule has 0 spiro atoms. The molecule has 100 valence electrons. The normalized spacial score (nSPS) is 10.8. The molecule has 0 saturated carbocycles. The van der Waals surface area contributed by atoms with Gasteiger partial charge in [0.1, 0.15) is 11.6 Å². The van der Waals surface area contributed by atoms with E-state index in [0.29, 0.717) is 17.0 Å². The summed E-state index contributed by atoms with van der Waals surface area (Å²) in [6, 6.07) is 6.09. The molecule has 0 aliphatic rings. The van der Waals surface area contributed by atoms with Crippen molar-refractivity contribution in [3.8, 4) is 17.0 Å². The number of hydrogen-bond acceptors (Lipinski definition) is 4. The van der Waals surface area contributed by atoms with E-state index in [-0.39, 0.29) is 17.7 Å². The quantitative estimate of drug-likeness (QED) is 0.922. The molecule has 1 aromatic carbocycles. The summed E-state index contributed by atoms with van der Waals surface area (Å²) in [5, 5.41) is 0. The van der Waals surface area contributed by atoms with Crippen molar-refractivity contribution in [2.45, 2.75) is 19.8 Å². The van der Waals surface area contributed by atoms with Gasteiger partial charge in [0.05, 0.1) is 12.8 Å². The van der Waals surface area contributed by atoms with Crippen LogP contribution in [0.5, 0.6) is 5.75 Å². The van der Waals surface area contributed by atoms with E-state index in [9.17, 15) is 4.39 Å². The lowest BCUT2D eigenvalue weighted by atomic mass is 10.1. The van der Waals surface area contributed by atoms with Crippen molar-refractivity contribution in [3.63, 3.8) is 0 Å². The average molecular weight is 261 g/mol. The van der Waals surface area contributed by atoms with Crippen molar-refractivity contribution < 1.29 is 9.13 Å². The maximum atomic E-state index is 13.4. The fourth-order valence-corrected chi connectivity index (χ4v) is 1.80. The highest BCUT2D eigenvalue weighted by atomic mass is 19.1. The summed E-state index contributed by atoms with van der Waals surface area (Å²) in [5.74, 6) is 0.587. The Morgan fingerprint density at radius 2 is 1.95 bits per heavy atom. The van der Waals surface area contributed by atoms with Crippen LogP contribution < -0.4 is 10.5 Å². The van der Waals surface area contributed by atoms with Gasteiger partial charge in [0, 0.05) is 11.3 Å². The standard InChI is InChI=1S/C14H16FN3O/c1-8(2)11-7-12(18-14(16)17-11)10-6-9(15)4-5-13(10)19-3/h4-8H,1-3H3,(H2,16,17,18). The number of anilines is 1. The van der Waals surface area contributed by atoms with E-state index in [2.05, 4.69) is 9.97 Å². The topological polar surface area (TPSA) is 61.0 Å². The molecule has 0 fully saturated rings. The van der Waals surface area contributed by atoms with Crippen LogP contribution in [-0.2, 0) is 0 Å². The second-order valence-electron chi connectivity index (χ2n) is 4.54. The molecule has 19 heavy (non-hydrogen) atoms. The van der Waals surface area contributed by atoms with Gasteiger partial charge in [0.15, 0.2) is 0 Å². The lowest BCUT2D eigenvalue weighted by Crippen LogP contribution is -2.03. The SMILES string of the molecule is COc1ccc(F)cc1-c1cc(C(C)C)nc(N)n1. The highest BCUT2D eigenvalue weighted by Gasteiger charge is 2.12. The molecule has 1 heterocycles. The number of methoxy groups -OCH3 is 1. The first-order chi connectivity index (χ1) is 9.01. The van der Waals surface area contributed by atoms with Gasteiger partial charge in [0.25, 0.3) is 0 Å². The van der Waals surface area contributed by atoms with E-state index in [1.54, 1.807) is 12.1 Å². The Bertz CT molecular complexity index is 599. The molecule has 0 aliphatic heterocycles. The Hall–Kier alpha value is -2.17. The summed E-state index contributed by atoms with van der Waals surface area (Å²) in [6.07, 6.45) is 0. The number of nitrogens with two attached hydrogens (primary N) is 1. The van der Waals surface area contributed by atoms with E-state index in [4.69, 9.17) is 10.5 Å². The van der Waals surface area contributed by atoms with Gasteiger partial charge in [-0.1, -0.05) is 13.8 Å². The average Bonchev–Trinajstić information content (AvgIpc) is 2.37. The van der Waals surface area contributed by atoms with Crippen molar-refractivity contribution in [1.29, 1.82) is 0 Å². The maximum Gasteiger partial charge on any atom is 0.220 e. The van der Waals surface area contributed by atoms with Crippen LogP contribution in [0.2, 0.25) is 0 Å². The molecule has 0 unspecified atom stereocenters. The summed E-state index contributed by atoms with van der Waals surface area (Å²) in [5.41, 5.74) is 7.65. The largest absolute Gasteiger partial charge is 0.496 e. The third-order valence-electron chi connectivity index (χ3n) is 2.79. The fourth-order valence-electron chi connectivity index (χ4n) is 1.80. The molecule has 0 radical (unpaired) electrons. The molecule has 2 rings (SSSR count). The minimum Gasteiger partial charge on any atom is -0.496 e. The molecule has 2 aromatic rings.